The van der Waals surface area contributed by atoms with Gasteiger partial charge in [-0.15, -0.1) is 10.2 Å². The third-order valence-electron chi connectivity index (χ3n) is 4.72. The molecule has 7 heteroatoms. The third kappa shape index (κ3) is 7.57. The average molecular weight is 417 g/mol. The van der Waals surface area contributed by atoms with Crippen LogP contribution in [0, 0.1) is 6.92 Å². The molecule has 158 valence electrons. The zero-order valence-corrected chi connectivity index (χ0v) is 18.7. The van der Waals surface area contributed by atoms with Gasteiger partial charge in [0.25, 0.3) is 5.91 Å². The molecule has 0 bridgehead atoms. The van der Waals surface area contributed by atoms with E-state index in [-0.39, 0.29) is 11.8 Å². The van der Waals surface area contributed by atoms with E-state index in [1.807, 2.05) is 31.2 Å². The maximum atomic E-state index is 12.6. The van der Waals surface area contributed by atoms with Crippen LogP contribution in [0.3, 0.4) is 0 Å². The van der Waals surface area contributed by atoms with Crippen LogP contribution < -0.4 is 10.6 Å². The fourth-order valence-corrected chi connectivity index (χ4v) is 3.62. The molecular formula is C22H32N4O2S. The van der Waals surface area contributed by atoms with Crippen molar-refractivity contribution in [2.24, 2.45) is 0 Å². The quantitative estimate of drug-likeness (QED) is 0.499. The highest BCUT2D eigenvalue weighted by Crippen LogP contribution is 2.27. The number of amides is 2. The molecule has 6 nitrogen and oxygen atoms in total. The van der Waals surface area contributed by atoms with E-state index in [4.69, 9.17) is 0 Å². The zero-order chi connectivity index (χ0) is 21.3. The van der Waals surface area contributed by atoms with Crippen LogP contribution >= 0.6 is 11.3 Å². The molecule has 0 radical (unpaired) electrons. The van der Waals surface area contributed by atoms with Crippen molar-refractivity contribution in [3.63, 3.8) is 0 Å². The minimum atomic E-state index is -1.02. The van der Waals surface area contributed by atoms with Crippen molar-refractivity contribution in [3.8, 4) is 10.6 Å². The van der Waals surface area contributed by atoms with Crippen molar-refractivity contribution < 1.29 is 9.59 Å². The number of aromatic nitrogens is 2. The Bertz CT molecular complexity index is 799. The second kappa shape index (κ2) is 11.0. The molecule has 2 rings (SSSR count). The maximum absolute atomic E-state index is 12.6. The van der Waals surface area contributed by atoms with Gasteiger partial charge in [-0.05, 0) is 27.2 Å². The minimum absolute atomic E-state index is 0.0988. The van der Waals surface area contributed by atoms with Crippen LogP contribution in [0.1, 0.15) is 71.3 Å². The van der Waals surface area contributed by atoms with E-state index >= 15 is 0 Å². The van der Waals surface area contributed by atoms with Crippen LogP contribution in [0.2, 0.25) is 0 Å². The van der Waals surface area contributed by atoms with Crippen LogP contribution in [0.15, 0.2) is 24.3 Å². The van der Waals surface area contributed by atoms with Crippen molar-refractivity contribution in [2.75, 3.05) is 5.32 Å². The van der Waals surface area contributed by atoms with Gasteiger partial charge in [0.1, 0.15) is 10.5 Å². The maximum Gasteiger partial charge on any atom is 0.251 e. The van der Waals surface area contributed by atoms with Crippen LogP contribution in [0.25, 0.3) is 10.6 Å². The number of nitrogens with one attached hydrogen (secondary N) is 2. The van der Waals surface area contributed by atoms with E-state index in [0.29, 0.717) is 11.6 Å². The number of benzene rings is 1. The number of hydrogen-bond donors (Lipinski definition) is 2. The Kier molecular flexibility index (Phi) is 8.76. The molecule has 0 saturated heterocycles. The van der Waals surface area contributed by atoms with Gasteiger partial charge in [0.05, 0.1) is 0 Å². The van der Waals surface area contributed by atoms with Gasteiger partial charge in [-0.25, -0.2) is 0 Å². The van der Waals surface area contributed by atoms with Crippen molar-refractivity contribution >= 4 is 28.3 Å². The number of hydrogen-bond acceptors (Lipinski definition) is 5. The van der Waals surface area contributed by atoms with Gasteiger partial charge in [0.15, 0.2) is 0 Å². The van der Waals surface area contributed by atoms with Gasteiger partial charge in [0, 0.05) is 12.0 Å². The van der Waals surface area contributed by atoms with Gasteiger partial charge in [-0.1, -0.05) is 80.2 Å². The zero-order valence-electron chi connectivity index (χ0n) is 17.9. The minimum Gasteiger partial charge on any atom is -0.342 e. The van der Waals surface area contributed by atoms with Crippen molar-refractivity contribution in [1.29, 1.82) is 0 Å². The molecule has 0 aliphatic heterocycles. The van der Waals surface area contributed by atoms with Crippen LogP contribution in [0.5, 0.6) is 0 Å². The highest BCUT2D eigenvalue weighted by Gasteiger charge is 2.30. The molecule has 0 unspecified atom stereocenters. The summed E-state index contributed by atoms with van der Waals surface area (Å²) in [6, 6.07) is 7.98. The Morgan fingerprint density at radius 2 is 1.66 bits per heavy atom. The van der Waals surface area contributed by atoms with Crippen LogP contribution in [-0.4, -0.2) is 27.6 Å². The summed E-state index contributed by atoms with van der Waals surface area (Å²) in [7, 11) is 0. The number of rotatable bonds is 11. The molecule has 2 N–H and O–H groups in total. The van der Waals surface area contributed by atoms with Crippen LogP contribution in [0.4, 0.5) is 5.13 Å². The summed E-state index contributed by atoms with van der Waals surface area (Å²) in [5, 5.41) is 15.0. The van der Waals surface area contributed by atoms with Gasteiger partial charge < -0.3 is 5.32 Å². The molecule has 2 amide bonds. The highest BCUT2D eigenvalue weighted by atomic mass is 32.1. The Labute approximate surface area is 177 Å². The van der Waals surface area contributed by atoms with Crippen molar-refractivity contribution in [1.82, 2.24) is 15.5 Å². The van der Waals surface area contributed by atoms with E-state index in [0.717, 1.165) is 29.8 Å². The van der Waals surface area contributed by atoms with E-state index in [1.54, 1.807) is 13.8 Å². The lowest BCUT2D eigenvalue weighted by molar-refractivity contribution is -0.129. The molecule has 2 aromatic rings. The monoisotopic (exact) mass is 416 g/mol. The summed E-state index contributed by atoms with van der Waals surface area (Å²) < 4.78 is 0. The number of nitrogens with zero attached hydrogens (tertiary/aromatic N) is 2. The first-order chi connectivity index (χ1) is 13.8. The Morgan fingerprint density at radius 3 is 2.34 bits per heavy atom. The standard InChI is InChI=1S/C22H32N4O2S/c1-5-6-7-8-9-10-11-18(27)24-22(3,4)20(28)23-21-26-25-19(29-21)17-14-12-16(2)13-15-17/h12-15H,5-11H2,1-4H3,(H,24,27)(H,23,26,28). The predicted molar refractivity (Wildman–Crippen MR) is 119 cm³/mol. The van der Waals surface area contributed by atoms with E-state index in [2.05, 4.69) is 27.8 Å². The van der Waals surface area contributed by atoms with E-state index in [9.17, 15) is 9.59 Å². The molecule has 1 aromatic carbocycles. The summed E-state index contributed by atoms with van der Waals surface area (Å²) >= 11 is 1.31. The first kappa shape index (κ1) is 23.0. The summed E-state index contributed by atoms with van der Waals surface area (Å²) in [6.07, 6.45) is 7.18. The molecule has 0 spiro atoms. The lowest BCUT2D eigenvalue weighted by Crippen LogP contribution is -2.52. The molecule has 0 fully saturated rings. The van der Waals surface area contributed by atoms with Gasteiger partial charge >= 0.3 is 0 Å². The summed E-state index contributed by atoms with van der Waals surface area (Å²) in [4.78, 5) is 24.8. The predicted octanol–water partition coefficient (Wildman–Crippen LogP) is 5.10. The Balaban J connectivity index is 1.82. The largest absolute Gasteiger partial charge is 0.342 e. The van der Waals surface area contributed by atoms with Crippen molar-refractivity contribution in [3.05, 3.63) is 29.8 Å². The number of carbonyl (C=O) groups is 2. The van der Waals surface area contributed by atoms with Crippen LogP contribution in [-0.2, 0) is 9.59 Å². The fraction of sp³-hybridized carbons (Fsp3) is 0.545. The van der Waals surface area contributed by atoms with Crippen molar-refractivity contribution in [2.45, 2.75) is 78.2 Å². The summed E-state index contributed by atoms with van der Waals surface area (Å²) in [5.41, 5.74) is 1.11. The number of anilines is 1. The fourth-order valence-electron chi connectivity index (χ4n) is 2.87. The second-order valence-electron chi connectivity index (χ2n) is 7.92. The van der Waals surface area contributed by atoms with E-state index in [1.165, 1.54) is 36.2 Å². The molecule has 0 atom stereocenters. The lowest BCUT2D eigenvalue weighted by atomic mass is 10.0. The average Bonchev–Trinajstić information content (AvgIpc) is 3.13. The molecule has 29 heavy (non-hydrogen) atoms. The molecule has 0 aliphatic carbocycles. The molecule has 1 heterocycles. The smallest absolute Gasteiger partial charge is 0.251 e. The van der Waals surface area contributed by atoms with Gasteiger partial charge in [-0.3, -0.25) is 14.9 Å². The third-order valence-corrected chi connectivity index (χ3v) is 5.61. The topological polar surface area (TPSA) is 84.0 Å². The second-order valence-corrected chi connectivity index (χ2v) is 8.90. The number of unbranched alkanes of at least 4 members (excludes halogenated alkanes) is 5. The highest BCUT2D eigenvalue weighted by molar-refractivity contribution is 7.18. The molecule has 0 saturated carbocycles. The molecular weight excluding hydrogens is 384 g/mol. The molecule has 1 aromatic heterocycles. The lowest BCUT2D eigenvalue weighted by Gasteiger charge is -2.24. The van der Waals surface area contributed by atoms with Gasteiger partial charge in [-0.2, -0.15) is 0 Å². The van der Waals surface area contributed by atoms with Gasteiger partial charge in [0.2, 0.25) is 11.0 Å². The number of aryl methyl sites for hydroxylation is 1. The molecule has 0 aliphatic rings. The Morgan fingerprint density at radius 1 is 1.00 bits per heavy atom. The first-order valence-corrected chi connectivity index (χ1v) is 11.2. The number of carbonyl (C=O) groups excluding carboxylic acids is 2. The summed E-state index contributed by atoms with van der Waals surface area (Å²) in [5.74, 6) is -0.404. The SMILES string of the molecule is CCCCCCCCC(=O)NC(C)(C)C(=O)Nc1nnc(-c2ccc(C)cc2)s1. The first-order valence-electron chi connectivity index (χ1n) is 10.3. The summed E-state index contributed by atoms with van der Waals surface area (Å²) in [6.45, 7) is 7.61. The normalized spacial score (nSPS) is 11.3. The van der Waals surface area contributed by atoms with E-state index < -0.39 is 5.54 Å². The Hall–Kier alpha value is -2.28.